The van der Waals surface area contributed by atoms with Crippen molar-refractivity contribution in [3.05, 3.63) is 18.2 Å². The molecule has 0 fully saturated rings. The molecule has 16 heavy (non-hydrogen) atoms. The maximum Gasteiger partial charge on any atom is 1.00 e. The molecule has 5 nitrogen and oxygen atoms in total. The Morgan fingerprint density at radius 3 is 2.62 bits per heavy atom. The predicted octanol–water partition coefficient (Wildman–Crippen LogP) is -2.31. The molecule has 0 aromatic heterocycles. The quantitative estimate of drug-likeness (QED) is 0.276. The molecule has 1 unspecified atom stereocenters. The van der Waals surface area contributed by atoms with Crippen LogP contribution in [0, 0.1) is 0 Å². The van der Waals surface area contributed by atoms with Crippen LogP contribution in [0.15, 0.2) is 28.1 Å². The van der Waals surface area contributed by atoms with Crippen LogP contribution in [0.4, 0.5) is 5.69 Å². The summed E-state index contributed by atoms with van der Waals surface area (Å²) in [6.45, 7) is 1.31. The van der Waals surface area contributed by atoms with Gasteiger partial charge in [-0.1, -0.05) is 0 Å². The normalized spacial score (nSPS) is 12.8. The van der Waals surface area contributed by atoms with Gasteiger partial charge in [0.2, 0.25) is 0 Å². The minimum absolute atomic E-state index is 0. The molecule has 1 atom stereocenters. The molecule has 0 aliphatic carbocycles. The van der Waals surface area contributed by atoms with Crippen LogP contribution in [0.1, 0.15) is 6.92 Å². The molecular weight excluding hydrogens is 225 g/mol. The van der Waals surface area contributed by atoms with Gasteiger partial charge in [-0.05, 0) is 31.0 Å². The van der Waals surface area contributed by atoms with E-state index < -0.39 is 11.1 Å². The molecule has 1 N–H and O–H groups in total. The van der Waals surface area contributed by atoms with Gasteiger partial charge in [0.15, 0.2) is 11.1 Å². The summed E-state index contributed by atoms with van der Waals surface area (Å²) < 4.78 is 24.8. The van der Waals surface area contributed by atoms with Gasteiger partial charge in [0.1, 0.15) is 10.6 Å². The van der Waals surface area contributed by atoms with Crippen molar-refractivity contribution in [2.24, 2.45) is 4.99 Å². The second kappa shape index (κ2) is 6.71. The van der Waals surface area contributed by atoms with Crippen molar-refractivity contribution in [2.45, 2.75) is 11.8 Å². The van der Waals surface area contributed by atoms with E-state index in [9.17, 15) is 9.32 Å². The summed E-state index contributed by atoms with van der Waals surface area (Å²) in [7, 11) is 1.40. The first-order valence-electron chi connectivity index (χ1n) is 4.06. The fraction of sp³-hybridized carbons (Fsp3) is 0.222. The molecule has 7 heteroatoms. The van der Waals surface area contributed by atoms with Crippen LogP contribution >= 0.6 is 0 Å². The molecule has 0 spiro atoms. The van der Waals surface area contributed by atoms with Crippen molar-refractivity contribution in [3.63, 3.8) is 0 Å². The zero-order valence-electron chi connectivity index (χ0n) is 9.26. The smallest absolute Gasteiger partial charge is 0.862 e. The summed E-state index contributed by atoms with van der Waals surface area (Å²) in [5, 5.41) is 10.7. The van der Waals surface area contributed by atoms with Crippen LogP contribution in [0.25, 0.3) is 0 Å². The molecule has 1 aromatic rings. The van der Waals surface area contributed by atoms with Crippen molar-refractivity contribution in [1.29, 1.82) is 0 Å². The number of ether oxygens (including phenoxy) is 1. The number of hydrogen-bond acceptors (Lipinski definition) is 4. The SMILES string of the molecule is COc1ccc(N=C(C)[O-])cc1S(=O)O.[Li+]. The van der Waals surface area contributed by atoms with E-state index in [2.05, 4.69) is 4.99 Å². The summed E-state index contributed by atoms with van der Waals surface area (Å²) in [6, 6.07) is 4.37. The van der Waals surface area contributed by atoms with E-state index in [1.807, 2.05) is 0 Å². The Bertz CT molecular complexity index is 418. The fourth-order valence-electron chi connectivity index (χ4n) is 1.05. The van der Waals surface area contributed by atoms with Crippen LogP contribution in [-0.2, 0) is 11.1 Å². The van der Waals surface area contributed by atoms with E-state index in [1.54, 1.807) is 0 Å². The van der Waals surface area contributed by atoms with Crippen molar-refractivity contribution in [2.75, 3.05) is 7.11 Å². The number of nitrogens with zero attached hydrogens (tertiary/aromatic N) is 1. The van der Waals surface area contributed by atoms with Crippen molar-refractivity contribution >= 4 is 22.7 Å². The summed E-state index contributed by atoms with van der Waals surface area (Å²) in [6.07, 6.45) is 0. The number of aliphatic imine (C=N–C) groups is 1. The van der Waals surface area contributed by atoms with E-state index >= 15 is 0 Å². The zero-order valence-corrected chi connectivity index (χ0v) is 10.1. The monoisotopic (exact) mass is 235 g/mol. The minimum Gasteiger partial charge on any atom is -0.862 e. The Balaban J connectivity index is 0.00000225. The van der Waals surface area contributed by atoms with Gasteiger partial charge in [-0.3, -0.25) is 4.99 Å². The van der Waals surface area contributed by atoms with Gasteiger partial charge in [0, 0.05) is 0 Å². The van der Waals surface area contributed by atoms with E-state index in [0.717, 1.165) is 0 Å². The Labute approximate surface area is 108 Å². The average molecular weight is 235 g/mol. The maximum absolute atomic E-state index is 10.9. The molecule has 0 bridgehead atoms. The maximum atomic E-state index is 10.9. The van der Waals surface area contributed by atoms with Crippen molar-refractivity contribution < 1.29 is 37.5 Å². The van der Waals surface area contributed by atoms with Gasteiger partial charge in [-0.2, -0.15) is 0 Å². The standard InChI is InChI=1S/C9H11NO4S.Li/c1-6(11)10-7-3-4-8(14-2)9(5-7)15(12)13;/h3-5H,1-2H3,(H,10,11)(H,12,13);/q;+1/p-1. The second-order valence-corrected chi connectivity index (χ2v) is 3.65. The summed E-state index contributed by atoms with van der Waals surface area (Å²) in [5.74, 6) is -0.0758. The first-order valence-corrected chi connectivity index (χ1v) is 5.16. The molecule has 0 heterocycles. The van der Waals surface area contributed by atoms with Crippen molar-refractivity contribution in [3.8, 4) is 5.75 Å². The first kappa shape index (κ1) is 15.2. The average Bonchev–Trinajstić information content (AvgIpc) is 2.16. The molecular formula is C9H10LiNO4S. The van der Waals surface area contributed by atoms with Crippen LogP contribution in [0.2, 0.25) is 0 Å². The van der Waals surface area contributed by atoms with Gasteiger partial charge in [-0.15, -0.1) is 0 Å². The summed E-state index contributed by atoms with van der Waals surface area (Å²) in [4.78, 5) is 3.74. The fourth-order valence-corrected chi connectivity index (χ4v) is 1.60. The van der Waals surface area contributed by atoms with Crippen LogP contribution in [0.3, 0.4) is 0 Å². The van der Waals surface area contributed by atoms with Gasteiger partial charge < -0.3 is 14.4 Å². The van der Waals surface area contributed by atoms with E-state index in [4.69, 9.17) is 9.29 Å². The first-order chi connectivity index (χ1) is 7.04. The largest absolute Gasteiger partial charge is 1.00 e. The molecule has 0 saturated carbocycles. The zero-order chi connectivity index (χ0) is 11.4. The van der Waals surface area contributed by atoms with E-state index in [-0.39, 0.29) is 29.7 Å². The number of rotatable bonds is 3. The van der Waals surface area contributed by atoms with Gasteiger partial charge >= 0.3 is 18.9 Å². The second-order valence-electron chi connectivity index (χ2n) is 2.72. The Morgan fingerprint density at radius 1 is 1.56 bits per heavy atom. The number of methoxy groups -OCH3 is 1. The third-order valence-corrected chi connectivity index (χ3v) is 2.32. The Morgan fingerprint density at radius 2 is 2.19 bits per heavy atom. The van der Waals surface area contributed by atoms with Gasteiger partial charge in [0.05, 0.1) is 12.8 Å². The molecule has 1 rings (SSSR count). The Kier molecular flexibility index (Phi) is 6.37. The minimum atomic E-state index is -2.16. The molecule has 82 valence electrons. The molecule has 0 amide bonds. The number of hydrogen-bond donors (Lipinski definition) is 1. The summed E-state index contributed by atoms with van der Waals surface area (Å²) >= 11 is -2.16. The molecule has 0 aliphatic rings. The number of benzene rings is 1. The summed E-state index contributed by atoms with van der Waals surface area (Å²) in [5.41, 5.74) is 0.334. The topological polar surface area (TPSA) is 82.0 Å². The van der Waals surface area contributed by atoms with Crippen LogP contribution < -0.4 is 28.7 Å². The molecule has 0 saturated heterocycles. The van der Waals surface area contributed by atoms with E-state index in [0.29, 0.717) is 11.4 Å². The third-order valence-electron chi connectivity index (χ3n) is 1.62. The molecule has 0 aliphatic heterocycles. The van der Waals surface area contributed by atoms with Gasteiger partial charge in [0.25, 0.3) is 0 Å². The van der Waals surface area contributed by atoms with Crippen molar-refractivity contribution in [1.82, 2.24) is 0 Å². The molecule has 1 aromatic carbocycles. The third kappa shape index (κ3) is 3.98. The predicted molar refractivity (Wildman–Crippen MR) is 54.8 cm³/mol. The van der Waals surface area contributed by atoms with Crippen LogP contribution in [0.5, 0.6) is 5.75 Å². The Hall–Kier alpha value is -0.803. The molecule has 0 radical (unpaired) electrons. The van der Waals surface area contributed by atoms with Crippen LogP contribution in [-0.4, -0.2) is 21.8 Å². The van der Waals surface area contributed by atoms with E-state index in [1.165, 1.54) is 32.2 Å². The van der Waals surface area contributed by atoms with Gasteiger partial charge in [-0.25, -0.2) is 4.21 Å².